The first-order valence-corrected chi connectivity index (χ1v) is 7.04. The Bertz CT molecular complexity index is 654. The number of hydrogen-bond donors (Lipinski definition) is 2. The lowest BCUT2D eigenvalue weighted by molar-refractivity contribution is -0.114. The van der Waals surface area contributed by atoms with Crippen molar-refractivity contribution >= 4 is 17.3 Å². The van der Waals surface area contributed by atoms with Crippen LogP contribution in [0.4, 0.5) is 20.2 Å². The second kappa shape index (κ2) is 7.02. The molecule has 0 heterocycles. The zero-order valence-electron chi connectivity index (χ0n) is 12.5. The number of nitrogens with one attached hydrogen (secondary N) is 2. The minimum Gasteiger partial charge on any atom is -0.376 e. The molecule has 2 N–H and O–H groups in total. The molecule has 0 spiro atoms. The number of benzene rings is 2. The molecule has 0 saturated heterocycles. The van der Waals surface area contributed by atoms with Crippen molar-refractivity contribution in [3.63, 3.8) is 0 Å². The molecule has 0 bridgehead atoms. The van der Waals surface area contributed by atoms with E-state index in [1.807, 2.05) is 24.3 Å². The van der Waals surface area contributed by atoms with E-state index in [1.165, 1.54) is 11.6 Å². The van der Waals surface area contributed by atoms with E-state index in [0.29, 0.717) is 5.92 Å². The highest BCUT2D eigenvalue weighted by molar-refractivity contribution is 5.93. The fraction of sp³-hybridized carbons (Fsp3) is 0.235. The van der Waals surface area contributed by atoms with Crippen LogP contribution in [0.1, 0.15) is 25.3 Å². The molecule has 0 aliphatic rings. The van der Waals surface area contributed by atoms with Crippen molar-refractivity contribution in [3.05, 3.63) is 59.7 Å². The highest BCUT2D eigenvalue weighted by Gasteiger charge is 2.06. The largest absolute Gasteiger partial charge is 0.376 e. The summed E-state index contributed by atoms with van der Waals surface area (Å²) >= 11 is 0. The zero-order chi connectivity index (χ0) is 16.1. The van der Waals surface area contributed by atoms with Crippen molar-refractivity contribution < 1.29 is 13.6 Å². The van der Waals surface area contributed by atoms with Crippen molar-refractivity contribution in [2.24, 2.45) is 0 Å². The Morgan fingerprint density at radius 2 is 1.64 bits per heavy atom. The van der Waals surface area contributed by atoms with Gasteiger partial charge in [0.1, 0.15) is 0 Å². The van der Waals surface area contributed by atoms with Crippen molar-refractivity contribution in [2.75, 3.05) is 17.2 Å². The SMILES string of the molecule is CC(C)c1ccc(NCC(=O)Nc2ccc(F)c(F)c2)cc1. The lowest BCUT2D eigenvalue weighted by Gasteiger charge is -2.10. The van der Waals surface area contributed by atoms with Crippen LogP contribution in [0.3, 0.4) is 0 Å². The van der Waals surface area contributed by atoms with Gasteiger partial charge in [0.05, 0.1) is 6.54 Å². The summed E-state index contributed by atoms with van der Waals surface area (Å²) in [5.74, 6) is -1.82. The Morgan fingerprint density at radius 1 is 1.00 bits per heavy atom. The van der Waals surface area contributed by atoms with E-state index < -0.39 is 11.6 Å². The van der Waals surface area contributed by atoms with Gasteiger partial charge < -0.3 is 10.6 Å². The lowest BCUT2D eigenvalue weighted by Crippen LogP contribution is -2.21. The fourth-order valence-corrected chi connectivity index (χ4v) is 1.95. The van der Waals surface area contributed by atoms with Gasteiger partial charge in [0, 0.05) is 17.4 Å². The van der Waals surface area contributed by atoms with E-state index in [9.17, 15) is 13.6 Å². The molecule has 0 atom stereocenters. The van der Waals surface area contributed by atoms with Gasteiger partial charge in [0.2, 0.25) is 5.91 Å². The monoisotopic (exact) mass is 304 g/mol. The van der Waals surface area contributed by atoms with E-state index >= 15 is 0 Å². The highest BCUT2D eigenvalue weighted by atomic mass is 19.2. The molecule has 0 radical (unpaired) electrons. The summed E-state index contributed by atoms with van der Waals surface area (Å²) in [7, 11) is 0. The van der Waals surface area contributed by atoms with Crippen molar-refractivity contribution in [2.45, 2.75) is 19.8 Å². The summed E-state index contributed by atoms with van der Waals surface area (Å²) in [6, 6.07) is 11.0. The molecule has 1 amide bonds. The third kappa shape index (κ3) is 4.28. The minimum absolute atomic E-state index is 0.0417. The second-order valence-electron chi connectivity index (χ2n) is 5.31. The van der Waals surface area contributed by atoms with Crippen LogP contribution in [-0.2, 0) is 4.79 Å². The average Bonchev–Trinajstić information content (AvgIpc) is 2.49. The van der Waals surface area contributed by atoms with Crippen LogP contribution >= 0.6 is 0 Å². The molecule has 116 valence electrons. The maximum Gasteiger partial charge on any atom is 0.243 e. The normalized spacial score (nSPS) is 10.6. The maximum absolute atomic E-state index is 13.0. The average molecular weight is 304 g/mol. The Labute approximate surface area is 128 Å². The first kappa shape index (κ1) is 15.9. The highest BCUT2D eigenvalue weighted by Crippen LogP contribution is 2.17. The first-order valence-electron chi connectivity index (χ1n) is 7.04. The molecule has 5 heteroatoms. The molecular formula is C17H18F2N2O. The number of carbonyl (C=O) groups is 1. The first-order chi connectivity index (χ1) is 10.5. The summed E-state index contributed by atoms with van der Waals surface area (Å²) in [5, 5.41) is 5.48. The van der Waals surface area contributed by atoms with E-state index in [2.05, 4.69) is 24.5 Å². The summed E-state index contributed by atoms with van der Waals surface area (Å²) in [6.45, 7) is 4.26. The summed E-state index contributed by atoms with van der Waals surface area (Å²) in [4.78, 5) is 11.8. The van der Waals surface area contributed by atoms with Gasteiger partial charge in [-0.15, -0.1) is 0 Å². The lowest BCUT2D eigenvalue weighted by atomic mass is 10.0. The summed E-state index contributed by atoms with van der Waals surface area (Å²) in [6.07, 6.45) is 0. The molecule has 0 aliphatic carbocycles. The molecule has 0 saturated carbocycles. The van der Waals surface area contributed by atoms with Crippen LogP contribution in [0.15, 0.2) is 42.5 Å². The smallest absolute Gasteiger partial charge is 0.243 e. The van der Waals surface area contributed by atoms with Crippen molar-refractivity contribution in [1.29, 1.82) is 0 Å². The molecule has 0 unspecified atom stereocenters. The topological polar surface area (TPSA) is 41.1 Å². The number of anilines is 2. The Hall–Kier alpha value is -2.43. The molecule has 2 aromatic rings. The van der Waals surface area contributed by atoms with Crippen LogP contribution < -0.4 is 10.6 Å². The van der Waals surface area contributed by atoms with Crippen LogP contribution in [0.5, 0.6) is 0 Å². The van der Waals surface area contributed by atoms with Crippen molar-refractivity contribution in [1.82, 2.24) is 0 Å². The van der Waals surface area contributed by atoms with Gasteiger partial charge >= 0.3 is 0 Å². The van der Waals surface area contributed by atoms with Gasteiger partial charge in [-0.25, -0.2) is 8.78 Å². The van der Waals surface area contributed by atoms with E-state index in [1.54, 1.807) is 0 Å². The second-order valence-corrected chi connectivity index (χ2v) is 5.31. The Balaban J connectivity index is 1.88. The molecule has 0 aliphatic heterocycles. The molecular weight excluding hydrogens is 286 g/mol. The number of hydrogen-bond acceptors (Lipinski definition) is 2. The third-order valence-electron chi connectivity index (χ3n) is 3.23. The number of halogens is 2. The summed E-state index contributed by atoms with van der Waals surface area (Å²) < 4.78 is 25.8. The van der Waals surface area contributed by atoms with Crippen LogP contribution in [0.25, 0.3) is 0 Å². The molecule has 22 heavy (non-hydrogen) atoms. The van der Waals surface area contributed by atoms with Gasteiger partial charge in [0.25, 0.3) is 0 Å². The van der Waals surface area contributed by atoms with Gasteiger partial charge in [-0.1, -0.05) is 26.0 Å². The molecule has 2 aromatic carbocycles. The van der Waals surface area contributed by atoms with Gasteiger partial charge in [-0.05, 0) is 35.7 Å². The standard InChI is InChI=1S/C17H18F2N2O/c1-11(2)12-3-5-13(6-4-12)20-10-17(22)21-14-7-8-15(18)16(19)9-14/h3-9,11,20H,10H2,1-2H3,(H,21,22). The van der Waals surface area contributed by atoms with Gasteiger partial charge in [0.15, 0.2) is 11.6 Å². The van der Waals surface area contributed by atoms with Crippen LogP contribution in [0, 0.1) is 11.6 Å². The molecule has 0 aromatic heterocycles. The van der Waals surface area contributed by atoms with E-state index in [4.69, 9.17) is 0 Å². The Morgan fingerprint density at radius 3 is 2.23 bits per heavy atom. The molecule has 3 nitrogen and oxygen atoms in total. The van der Waals surface area contributed by atoms with E-state index in [-0.39, 0.29) is 18.1 Å². The quantitative estimate of drug-likeness (QED) is 0.871. The fourth-order valence-electron chi connectivity index (χ4n) is 1.95. The van der Waals surface area contributed by atoms with Gasteiger partial charge in [-0.2, -0.15) is 0 Å². The predicted molar refractivity (Wildman–Crippen MR) is 84.0 cm³/mol. The van der Waals surface area contributed by atoms with Crippen LogP contribution in [0.2, 0.25) is 0 Å². The number of carbonyl (C=O) groups excluding carboxylic acids is 1. The Kier molecular flexibility index (Phi) is 5.09. The van der Waals surface area contributed by atoms with E-state index in [0.717, 1.165) is 17.8 Å². The van der Waals surface area contributed by atoms with Gasteiger partial charge in [-0.3, -0.25) is 4.79 Å². The minimum atomic E-state index is -0.991. The number of rotatable bonds is 5. The third-order valence-corrected chi connectivity index (χ3v) is 3.23. The predicted octanol–water partition coefficient (Wildman–Crippen LogP) is 4.14. The maximum atomic E-state index is 13.0. The van der Waals surface area contributed by atoms with Crippen LogP contribution in [-0.4, -0.2) is 12.5 Å². The van der Waals surface area contributed by atoms with Crippen molar-refractivity contribution in [3.8, 4) is 0 Å². The zero-order valence-corrected chi connectivity index (χ0v) is 12.5. The number of amides is 1. The summed E-state index contributed by atoms with van der Waals surface area (Å²) in [5.41, 5.74) is 2.27. The molecule has 0 fully saturated rings. The molecule has 2 rings (SSSR count).